The summed E-state index contributed by atoms with van der Waals surface area (Å²) in [4.78, 5) is 21.5. The highest BCUT2D eigenvalue weighted by Crippen LogP contribution is 2.22. The number of hydrogen-bond acceptors (Lipinski definition) is 2. The van der Waals surface area contributed by atoms with Crippen molar-refractivity contribution in [3.8, 4) is 0 Å². The zero-order chi connectivity index (χ0) is 14.6. The first-order valence-corrected chi connectivity index (χ1v) is 6.13. The lowest BCUT2D eigenvalue weighted by Crippen LogP contribution is -2.39. The molecule has 0 saturated heterocycles. The molecule has 0 heterocycles. The first-order chi connectivity index (χ1) is 8.70. The van der Waals surface area contributed by atoms with Gasteiger partial charge in [-0.2, -0.15) is 13.2 Å². The van der Waals surface area contributed by atoms with Crippen molar-refractivity contribution in [1.29, 1.82) is 0 Å². The fraction of sp³-hybridized carbons (Fsp3) is 0.273. The maximum atomic E-state index is 12.2. The molecular formula is C11H9F3INO3. The summed E-state index contributed by atoms with van der Waals surface area (Å²) >= 11 is 1.94. The molecule has 0 fully saturated rings. The molecule has 19 heavy (non-hydrogen) atoms. The fourth-order valence-electron chi connectivity index (χ4n) is 1.39. The Morgan fingerprint density at radius 3 is 2.47 bits per heavy atom. The van der Waals surface area contributed by atoms with Gasteiger partial charge < -0.3 is 10.4 Å². The van der Waals surface area contributed by atoms with Crippen LogP contribution in [0.25, 0.3) is 0 Å². The summed E-state index contributed by atoms with van der Waals surface area (Å²) in [6.07, 6.45) is -5.67. The normalized spacial score (nSPS) is 12.8. The highest BCUT2D eigenvalue weighted by Gasteiger charge is 2.40. The van der Waals surface area contributed by atoms with Gasteiger partial charge in [-0.3, -0.25) is 9.59 Å². The third kappa shape index (κ3) is 5.05. The SMILES string of the molecule is O=C(O)C[C@@H](NC(=O)C(F)(F)F)c1cccc(I)c1. The summed E-state index contributed by atoms with van der Waals surface area (Å²) in [7, 11) is 0. The van der Waals surface area contributed by atoms with Crippen LogP contribution >= 0.6 is 22.6 Å². The standard InChI is InChI=1S/C11H9F3INO3/c12-11(13,14)10(19)16-8(5-9(17)18)6-2-1-3-7(15)4-6/h1-4,8H,5H2,(H,16,19)(H,17,18)/t8-/m1/s1. The number of benzene rings is 1. The number of carbonyl (C=O) groups excluding carboxylic acids is 1. The third-order valence-corrected chi connectivity index (χ3v) is 2.86. The van der Waals surface area contributed by atoms with Crippen molar-refractivity contribution in [3.05, 3.63) is 33.4 Å². The highest BCUT2D eigenvalue weighted by atomic mass is 127. The van der Waals surface area contributed by atoms with E-state index in [1.165, 1.54) is 12.1 Å². The topological polar surface area (TPSA) is 66.4 Å². The minimum atomic E-state index is -5.04. The maximum absolute atomic E-state index is 12.2. The van der Waals surface area contributed by atoms with Crippen LogP contribution in [0.1, 0.15) is 18.0 Å². The lowest BCUT2D eigenvalue weighted by Gasteiger charge is -2.18. The van der Waals surface area contributed by atoms with Crippen LogP contribution in [-0.2, 0) is 9.59 Å². The lowest BCUT2D eigenvalue weighted by atomic mass is 10.0. The number of aliphatic carboxylic acids is 1. The summed E-state index contributed by atoms with van der Waals surface area (Å²) in [5.41, 5.74) is 0.312. The van der Waals surface area contributed by atoms with Gasteiger partial charge in [0.25, 0.3) is 0 Å². The van der Waals surface area contributed by atoms with Crippen molar-refractivity contribution in [1.82, 2.24) is 5.32 Å². The summed E-state index contributed by atoms with van der Waals surface area (Å²) in [5.74, 6) is -3.45. The van der Waals surface area contributed by atoms with Gasteiger partial charge in [0.2, 0.25) is 0 Å². The van der Waals surface area contributed by atoms with Crippen molar-refractivity contribution in [2.24, 2.45) is 0 Å². The molecular weight excluding hydrogens is 378 g/mol. The summed E-state index contributed by atoms with van der Waals surface area (Å²) in [5, 5.41) is 10.4. The Kier molecular flexibility index (Phi) is 5.15. The fourth-order valence-corrected chi connectivity index (χ4v) is 1.96. The van der Waals surface area contributed by atoms with Crippen LogP contribution < -0.4 is 5.32 Å². The number of nitrogens with one attached hydrogen (secondary N) is 1. The van der Waals surface area contributed by atoms with Crippen molar-refractivity contribution in [3.63, 3.8) is 0 Å². The highest BCUT2D eigenvalue weighted by molar-refractivity contribution is 14.1. The number of carbonyl (C=O) groups is 2. The summed E-state index contributed by atoms with van der Waals surface area (Å²) < 4.78 is 37.3. The van der Waals surface area contributed by atoms with Crippen LogP contribution in [0.15, 0.2) is 24.3 Å². The first-order valence-electron chi connectivity index (χ1n) is 5.05. The first kappa shape index (κ1) is 15.7. The van der Waals surface area contributed by atoms with Gasteiger partial charge in [-0.25, -0.2) is 0 Å². The number of amides is 1. The number of rotatable bonds is 4. The molecule has 0 aliphatic carbocycles. The van der Waals surface area contributed by atoms with E-state index >= 15 is 0 Å². The molecule has 2 N–H and O–H groups in total. The number of carboxylic acid groups (broad SMARTS) is 1. The van der Waals surface area contributed by atoms with Gasteiger partial charge in [0.1, 0.15) is 0 Å². The number of carboxylic acids is 1. The Bertz CT molecular complexity index is 490. The van der Waals surface area contributed by atoms with E-state index in [4.69, 9.17) is 5.11 Å². The molecule has 0 aliphatic heterocycles. The molecule has 104 valence electrons. The summed E-state index contributed by atoms with van der Waals surface area (Å²) in [6, 6.07) is 5.04. The van der Waals surface area contributed by atoms with Crippen LogP contribution in [0.5, 0.6) is 0 Å². The second-order valence-electron chi connectivity index (χ2n) is 3.68. The van der Waals surface area contributed by atoms with Crippen LogP contribution in [0, 0.1) is 3.57 Å². The molecule has 1 aromatic carbocycles. The van der Waals surface area contributed by atoms with E-state index in [2.05, 4.69) is 0 Å². The zero-order valence-electron chi connectivity index (χ0n) is 9.37. The monoisotopic (exact) mass is 387 g/mol. The number of halogens is 4. The average Bonchev–Trinajstić information content (AvgIpc) is 2.26. The van der Waals surface area contributed by atoms with Crippen molar-refractivity contribution in [2.45, 2.75) is 18.6 Å². The van der Waals surface area contributed by atoms with Crippen molar-refractivity contribution >= 4 is 34.5 Å². The van der Waals surface area contributed by atoms with E-state index < -0.39 is 30.5 Å². The molecule has 0 saturated carbocycles. The van der Waals surface area contributed by atoms with Crippen LogP contribution in [0.2, 0.25) is 0 Å². The van der Waals surface area contributed by atoms with Crippen LogP contribution in [-0.4, -0.2) is 23.2 Å². The van der Waals surface area contributed by atoms with E-state index in [9.17, 15) is 22.8 Å². The predicted octanol–water partition coefficient (Wildman–Crippen LogP) is 2.49. The lowest BCUT2D eigenvalue weighted by molar-refractivity contribution is -0.174. The Balaban J connectivity index is 2.96. The van der Waals surface area contributed by atoms with Gasteiger partial charge in [0.05, 0.1) is 12.5 Å². The molecule has 4 nitrogen and oxygen atoms in total. The second kappa shape index (κ2) is 6.22. The Hall–Kier alpha value is -1.32. The van der Waals surface area contributed by atoms with Crippen LogP contribution in [0.4, 0.5) is 13.2 Å². The largest absolute Gasteiger partial charge is 0.481 e. The molecule has 1 aromatic rings. The van der Waals surface area contributed by atoms with E-state index in [1.807, 2.05) is 22.6 Å². The zero-order valence-corrected chi connectivity index (χ0v) is 11.5. The maximum Gasteiger partial charge on any atom is 0.471 e. The Morgan fingerprint density at radius 2 is 2.00 bits per heavy atom. The van der Waals surface area contributed by atoms with Gasteiger partial charge in [0.15, 0.2) is 0 Å². The number of alkyl halides is 3. The van der Waals surface area contributed by atoms with Gasteiger partial charge in [0, 0.05) is 3.57 Å². The second-order valence-corrected chi connectivity index (χ2v) is 4.92. The van der Waals surface area contributed by atoms with E-state index in [0.29, 0.717) is 5.56 Å². The van der Waals surface area contributed by atoms with E-state index in [1.54, 1.807) is 17.4 Å². The van der Waals surface area contributed by atoms with Crippen molar-refractivity contribution < 1.29 is 27.9 Å². The van der Waals surface area contributed by atoms with Crippen molar-refractivity contribution in [2.75, 3.05) is 0 Å². The van der Waals surface area contributed by atoms with Crippen LogP contribution in [0.3, 0.4) is 0 Å². The molecule has 0 radical (unpaired) electrons. The minimum absolute atomic E-state index is 0.312. The molecule has 0 aliphatic rings. The molecule has 8 heteroatoms. The molecule has 0 bridgehead atoms. The molecule has 0 unspecified atom stereocenters. The molecule has 0 spiro atoms. The quantitative estimate of drug-likeness (QED) is 0.781. The molecule has 0 aromatic heterocycles. The smallest absolute Gasteiger partial charge is 0.471 e. The molecule has 1 rings (SSSR count). The predicted molar refractivity (Wildman–Crippen MR) is 68.4 cm³/mol. The summed E-state index contributed by atoms with van der Waals surface area (Å²) in [6.45, 7) is 0. The average molecular weight is 387 g/mol. The number of hydrogen-bond donors (Lipinski definition) is 2. The van der Waals surface area contributed by atoms with Gasteiger partial charge >= 0.3 is 18.1 Å². The van der Waals surface area contributed by atoms with Gasteiger partial charge in [-0.05, 0) is 40.3 Å². The van der Waals surface area contributed by atoms with Gasteiger partial charge in [-0.1, -0.05) is 12.1 Å². The molecule has 1 amide bonds. The minimum Gasteiger partial charge on any atom is -0.481 e. The molecule has 1 atom stereocenters. The van der Waals surface area contributed by atoms with Gasteiger partial charge in [-0.15, -0.1) is 0 Å². The van der Waals surface area contributed by atoms with E-state index in [0.717, 1.165) is 3.57 Å². The van der Waals surface area contributed by atoms with E-state index in [-0.39, 0.29) is 0 Å². The Labute approximate surface area is 120 Å². The Morgan fingerprint density at radius 1 is 1.37 bits per heavy atom. The third-order valence-electron chi connectivity index (χ3n) is 2.19.